The van der Waals surface area contributed by atoms with E-state index in [1.165, 1.54) is 28.9 Å². The van der Waals surface area contributed by atoms with Crippen molar-refractivity contribution in [2.24, 2.45) is 0 Å². The van der Waals surface area contributed by atoms with Crippen LogP contribution in [0.5, 0.6) is 0 Å². The molecule has 2 saturated heterocycles. The molecule has 2 fully saturated rings. The van der Waals surface area contributed by atoms with Gasteiger partial charge in [0.2, 0.25) is 5.91 Å². The topological polar surface area (TPSA) is 135 Å². The van der Waals surface area contributed by atoms with Gasteiger partial charge in [-0.1, -0.05) is 6.07 Å². The third-order valence-electron chi connectivity index (χ3n) is 5.95. The summed E-state index contributed by atoms with van der Waals surface area (Å²) >= 11 is 0. The summed E-state index contributed by atoms with van der Waals surface area (Å²) in [6.45, 7) is 2.45. The van der Waals surface area contributed by atoms with E-state index < -0.39 is 34.7 Å². The number of halogens is 1. The van der Waals surface area contributed by atoms with Gasteiger partial charge in [0.05, 0.1) is 24.8 Å². The quantitative estimate of drug-likeness (QED) is 0.502. The van der Waals surface area contributed by atoms with E-state index in [1.807, 2.05) is 0 Å². The summed E-state index contributed by atoms with van der Waals surface area (Å²) in [6.07, 6.45) is -0.103. The Labute approximate surface area is 193 Å². The van der Waals surface area contributed by atoms with Gasteiger partial charge >= 0.3 is 12.0 Å². The number of hydrogen-bond donors (Lipinski definition) is 1. The molecule has 1 aromatic carbocycles. The number of nitrogens with zero attached hydrogens (tertiary/aromatic N) is 3. The fourth-order valence-electron chi connectivity index (χ4n) is 4.20. The van der Waals surface area contributed by atoms with Crippen LogP contribution in [0, 0.1) is 15.9 Å². The van der Waals surface area contributed by atoms with E-state index in [1.54, 1.807) is 12.1 Å². The van der Waals surface area contributed by atoms with Crippen LogP contribution in [0.25, 0.3) is 0 Å². The Kier molecular flexibility index (Phi) is 6.48. The van der Waals surface area contributed by atoms with Gasteiger partial charge in [0.25, 0.3) is 5.91 Å². The van der Waals surface area contributed by atoms with Crippen LogP contribution in [0.4, 0.5) is 20.8 Å². The number of carbonyl (C=O) groups is 3. The van der Waals surface area contributed by atoms with E-state index in [2.05, 4.69) is 5.32 Å². The number of nitro groups is 1. The predicted molar refractivity (Wildman–Crippen MR) is 116 cm³/mol. The van der Waals surface area contributed by atoms with E-state index in [0.717, 1.165) is 6.07 Å². The molecule has 1 N–H and O–H groups in total. The lowest BCUT2D eigenvalue weighted by molar-refractivity contribution is -0.402. The van der Waals surface area contributed by atoms with Crippen LogP contribution in [0.3, 0.4) is 0 Å². The summed E-state index contributed by atoms with van der Waals surface area (Å²) in [5.74, 6) is -1.85. The van der Waals surface area contributed by atoms with E-state index in [-0.39, 0.29) is 30.7 Å². The van der Waals surface area contributed by atoms with Gasteiger partial charge < -0.3 is 19.4 Å². The number of benzene rings is 1. The fourth-order valence-corrected chi connectivity index (χ4v) is 4.20. The zero-order chi connectivity index (χ0) is 24.4. The van der Waals surface area contributed by atoms with Crippen LogP contribution in [-0.2, 0) is 9.53 Å². The average molecular weight is 474 g/mol. The summed E-state index contributed by atoms with van der Waals surface area (Å²) < 4.78 is 25.2. The minimum Gasteiger partial charge on any atom is -0.442 e. The van der Waals surface area contributed by atoms with Gasteiger partial charge in [0.1, 0.15) is 16.8 Å². The van der Waals surface area contributed by atoms with Crippen LogP contribution in [0.15, 0.2) is 34.7 Å². The number of likely N-dealkylation sites (tertiary alicyclic amines) is 1. The van der Waals surface area contributed by atoms with Crippen LogP contribution in [0.1, 0.15) is 41.8 Å². The number of anilines is 1. The third kappa shape index (κ3) is 4.85. The number of cyclic esters (lactones) is 1. The zero-order valence-electron chi connectivity index (χ0n) is 18.4. The SMILES string of the molecule is CC(=O)NC[C@H]1CN(c2ccc(C3CCN(C(=O)c4ccc([N+](=O)[O-])o4)CC3)c(F)c2)C(=O)O1. The van der Waals surface area contributed by atoms with Crippen molar-refractivity contribution in [3.05, 3.63) is 57.6 Å². The molecule has 0 aliphatic carbocycles. The monoisotopic (exact) mass is 474 g/mol. The molecule has 0 saturated carbocycles. The van der Waals surface area contributed by atoms with E-state index in [0.29, 0.717) is 37.2 Å². The Balaban J connectivity index is 1.36. The standard InChI is InChI=1S/C22H23FN4O7/c1-13(28)24-11-16-12-26(22(30)33-16)15-2-3-17(18(23)10-15)14-6-8-25(9-7-14)21(29)19-4-5-20(34-19)27(31)32/h2-5,10,14,16H,6-9,11-12H2,1H3,(H,24,28)/t16-/m0/s1. The van der Waals surface area contributed by atoms with Crippen molar-refractivity contribution in [1.29, 1.82) is 0 Å². The van der Waals surface area contributed by atoms with Crippen LogP contribution >= 0.6 is 0 Å². The molecule has 3 amide bonds. The van der Waals surface area contributed by atoms with E-state index in [9.17, 15) is 28.9 Å². The number of furan rings is 1. The molecule has 0 spiro atoms. The smallest absolute Gasteiger partial charge is 0.433 e. The Morgan fingerprint density at radius 1 is 1.24 bits per heavy atom. The molecule has 2 aliphatic heterocycles. The van der Waals surface area contributed by atoms with Crippen molar-refractivity contribution in [2.45, 2.75) is 31.8 Å². The first-order valence-electron chi connectivity index (χ1n) is 10.8. The number of hydrogen-bond acceptors (Lipinski definition) is 7. The summed E-state index contributed by atoms with van der Waals surface area (Å²) in [6, 6.07) is 6.98. The summed E-state index contributed by atoms with van der Waals surface area (Å²) in [4.78, 5) is 48.7. The number of amides is 3. The summed E-state index contributed by atoms with van der Waals surface area (Å²) in [5, 5.41) is 13.3. The minimum atomic E-state index is -0.708. The second-order valence-electron chi connectivity index (χ2n) is 8.22. The highest BCUT2D eigenvalue weighted by Crippen LogP contribution is 2.33. The molecular weight excluding hydrogens is 451 g/mol. The average Bonchev–Trinajstić information content (AvgIpc) is 3.44. The molecule has 2 aromatic rings. The fraction of sp³-hybridized carbons (Fsp3) is 0.409. The lowest BCUT2D eigenvalue weighted by atomic mass is 9.88. The first-order valence-corrected chi connectivity index (χ1v) is 10.8. The molecule has 180 valence electrons. The third-order valence-corrected chi connectivity index (χ3v) is 5.95. The molecular formula is C22H23FN4O7. The normalized spacial score (nSPS) is 18.6. The van der Waals surface area contributed by atoms with Crippen molar-refractivity contribution in [1.82, 2.24) is 10.2 Å². The van der Waals surface area contributed by atoms with Crippen LogP contribution in [0.2, 0.25) is 0 Å². The van der Waals surface area contributed by atoms with Crippen molar-refractivity contribution in [3.63, 3.8) is 0 Å². The van der Waals surface area contributed by atoms with Gasteiger partial charge in [-0.25, -0.2) is 9.18 Å². The lowest BCUT2D eigenvalue weighted by Crippen LogP contribution is -2.37. The molecule has 0 radical (unpaired) electrons. The second kappa shape index (κ2) is 9.49. The number of carbonyl (C=O) groups excluding carboxylic acids is 3. The predicted octanol–water partition coefficient (Wildman–Crippen LogP) is 2.81. The molecule has 1 aromatic heterocycles. The number of nitrogens with one attached hydrogen (secondary N) is 1. The van der Waals surface area contributed by atoms with E-state index >= 15 is 0 Å². The van der Waals surface area contributed by atoms with Crippen molar-refractivity contribution in [3.8, 4) is 0 Å². The highest BCUT2D eigenvalue weighted by Gasteiger charge is 2.33. The second-order valence-corrected chi connectivity index (χ2v) is 8.22. The van der Waals surface area contributed by atoms with Gasteiger partial charge in [0.15, 0.2) is 5.76 Å². The number of ether oxygens (including phenoxy) is 1. The zero-order valence-corrected chi connectivity index (χ0v) is 18.4. The maximum atomic E-state index is 15.0. The van der Waals surface area contributed by atoms with Gasteiger partial charge in [-0.3, -0.25) is 24.6 Å². The number of rotatable bonds is 6. The van der Waals surface area contributed by atoms with Crippen molar-refractivity contribution in [2.75, 3.05) is 31.1 Å². The van der Waals surface area contributed by atoms with Gasteiger partial charge in [-0.15, -0.1) is 0 Å². The Bertz CT molecular complexity index is 1130. The van der Waals surface area contributed by atoms with Crippen LogP contribution in [-0.4, -0.2) is 60.0 Å². The first kappa shape index (κ1) is 23.2. The molecule has 3 heterocycles. The molecule has 11 nitrogen and oxygen atoms in total. The number of piperidine rings is 1. The molecule has 0 unspecified atom stereocenters. The van der Waals surface area contributed by atoms with Gasteiger partial charge in [-0.05, 0) is 42.5 Å². The van der Waals surface area contributed by atoms with E-state index in [4.69, 9.17) is 9.15 Å². The first-order chi connectivity index (χ1) is 16.2. The van der Waals surface area contributed by atoms with Gasteiger partial charge in [-0.2, -0.15) is 0 Å². The molecule has 12 heteroatoms. The maximum Gasteiger partial charge on any atom is 0.433 e. The minimum absolute atomic E-state index is 0.102. The maximum absolute atomic E-state index is 15.0. The van der Waals surface area contributed by atoms with Gasteiger partial charge in [0, 0.05) is 20.0 Å². The highest BCUT2D eigenvalue weighted by atomic mass is 19.1. The highest BCUT2D eigenvalue weighted by molar-refractivity contribution is 5.92. The summed E-state index contributed by atoms with van der Waals surface area (Å²) in [5.41, 5.74) is 0.857. The Morgan fingerprint density at radius 3 is 2.59 bits per heavy atom. The molecule has 2 aliphatic rings. The molecule has 34 heavy (non-hydrogen) atoms. The summed E-state index contributed by atoms with van der Waals surface area (Å²) in [7, 11) is 0. The largest absolute Gasteiger partial charge is 0.442 e. The van der Waals surface area contributed by atoms with Crippen molar-refractivity contribution >= 4 is 29.5 Å². The lowest BCUT2D eigenvalue weighted by Gasteiger charge is -2.32. The molecule has 0 bridgehead atoms. The Hall–Kier alpha value is -3.96. The molecule has 4 rings (SSSR count). The Morgan fingerprint density at radius 2 is 1.97 bits per heavy atom. The van der Waals surface area contributed by atoms with Crippen LogP contribution < -0.4 is 10.2 Å². The molecule has 1 atom stereocenters. The van der Waals surface area contributed by atoms with Crippen molar-refractivity contribution < 1.29 is 32.9 Å².